The predicted molar refractivity (Wildman–Crippen MR) is 126 cm³/mol. The van der Waals surface area contributed by atoms with E-state index >= 15 is 0 Å². The average Bonchev–Trinajstić information content (AvgIpc) is 2.63. The van der Waals surface area contributed by atoms with Gasteiger partial charge in [0.2, 0.25) is 0 Å². The van der Waals surface area contributed by atoms with Gasteiger partial charge in [-0.05, 0) is 83.5 Å². The lowest BCUT2D eigenvalue weighted by atomic mass is 10.1. The number of alkyl carbamates (subject to hydrolysis) is 1. The highest BCUT2D eigenvalue weighted by molar-refractivity contribution is 9.10. The minimum Gasteiger partial charge on any atom is -0.456 e. The Hall–Kier alpha value is -2.87. The Balaban J connectivity index is 2.19. The van der Waals surface area contributed by atoms with Crippen LogP contribution >= 0.6 is 15.9 Å². The summed E-state index contributed by atoms with van der Waals surface area (Å²) in [5, 5.41) is 5.39. The number of rotatable bonds is 5. The van der Waals surface area contributed by atoms with Gasteiger partial charge in [-0.3, -0.25) is 4.79 Å². The van der Waals surface area contributed by atoms with E-state index in [0.29, 0.717) is 16.8 Å². The first-order valence-corrected chi connectivity index (χ1v) is 10.9. The minimum absolute atomic E-state index is 0.369. The lowest BCUT2D eigenvalue weighted by molar-refractivity contribution is -0.118. The number of esters is 1. The van der Waals surface area contributed by atoms with Crippen LogP contribution in [0.4, 0.5) is 10.5 Å². The molecule has 0 unspecified atom stereocenters. The van der Waals surface area contributed by atoms with Crippen molar-refractivity contribution in [1.82, 2.24) is 5.32 Å². The predicted octanol–water partition coefficient (Wildman–Crippen LogP) is 5.61. The molecule has 0 aliphatic rings. The van der Waals surface area contributed by atoms with Gasteiger partial charge < -0.3 is 20.1 Å². The van der Waals surface area contributed by atoms with Crippen LogP contribution in [0.25, 0.3) is 0 Å². The molecule has 2 amide bonds. The topological polar surface area (TPSA) is 93.7 Å². The fraction of sp³-hybridized carbons (Fsp3) is 0.375. The second-order valence-electron chi connectivity index (χ2n) is 9.20. The summed E-state index contributed by atoms with van der Waals surface area (Å²) in [5.41, 5.74) is 0.101. The van der Waals surface area contributed by atoms with Crippen molar-refractivity contribution < 1.29 is 23.9 Å². The summed E-state index contributed by atoms with van der Waals surface area (Å²) in [5.74, 6) is -0.909. The Bertz CT molecular complexity index is 975. The Morgan fingerprint density at radius 3 is 2.00 bits per heavy atom. The van der Waals surface area contributed by atoms with E-state index in [-0.39, 0.29) is 0 Å². The fourth-order valence-corrected chi connectivity index (χ4v) is 3.07. The van der Waals surface area contributed by atoms with Crippen molar-refractivity contribution in [1.29, 1.82) is 0 Å². The van der Waals surface area contributed by atoms with Gasteiger partial charge in [0.15, 0.2) is 0 Å². The van der Waals surface area contributed by atoms with Crippen LogP contribution in [0, 0.1) is 0 Å². The van der Waals surface area contributed by atoms with Gasteiger partial charge >= 0.3 is 12.1 Å². The lowest BCUT2D eigenvalue weighted by Gasteiger charge is -2.24. The number of carbonyl (C=O) groups excluding carboxylic acids is 3. The SMILES string of the molecule is CC(C)(C)OC(=O)N[C@H](C(=O)Nc1ccc(C(=O)OC(C)(C)C)cc1)c1cccc(Br)c1. The molecule has 2 aromatic rings. The van der Waals surface area contributed by atoms with Gasteiger partial charge in [0.25, 0.3) is 5.91 Å². The molecule has 0 bridgehead atoms. The maximum Gasteiger partial charge on any atom is 0.408 e. The molecule has 0 saturated heterocycles. The third-order valence-corrected chi connectivity index (χ3v) is 4.39. The molecule has 8 heteroatoms. The standard InChI is InChI=1S/C24H29BrN2O5/c1-23(2,3)31-21(29)15-10-12-18(13-11-15)26-20(28)19(16-8-7-9-17(25)14-16)27-22(30)32-24(4,5)6/h7-14,19H,1-6H3,(H,26,28)(H,27,30)/t19-/m0/s1. The lowest BCUT2D eigenvalue weighted by Crippen LogP contribution is -2.40. The van der Waals surface area contributed by atoms with Crippen molar-refractivity contribution in [2.24, 2.45) is 0 Å². The number of ether oxygens (including phenoxy) is 2. The van der Waals surface area contributed by atoms with E-state index in [4.69, 9.17) is 9.47 Å². The highest BCUT2D eigenvalue weighted by Gasteiger charge is 2.26. The molecule has 7 nitrogen and oxygen atoms in total. The third-order valence-electron chi connectivity index (χ3n) is 3.89. The van der Waals surface area contributed by atoms with E-state index in [1.807, 2.05) is 6.07 Å². The van der Waals surface area contributed by atoms with Gasteiger partial charge in [-0.1, -0.05) is 28.1 Å². The molecule has 32 heavy (non-hydrogen) atoms. The number of carbonyl (C=O) groups is 3. The summed E-state index contributed by atoms with van der Waals surface area (Å²) in [4.78, 5) is 37.6. The Morgan fingerprint density at radius 2 is 1.47 bits per heavy atom. The first kappa shape index (κ1) is 25.4. The zero-order valence-corrected chi connectivity index (χ0v) is 20.7. The molecule has 0 aromatic heterocycles. The number of benzene rings is 2. The summed E-state index contributed by atoms with van der Waals surface area (Å²) in [6, 6.07) is 12.4. The third kappa shape index (κ3) is 8.34. The van der Waals surface area contributed by atoms with Crippen LogP contribution in [0.5, 0.6) is 0 Å². The Labute approximate surface area is 197 Å². The van der Waals surface area contributed by atoms with Gasteiger partial charge in [0.1, 0.15) is 17.2 Å². The first-order chi connectivity index (χ1) is 14.7. The maximum absolute atomic E-state index is 13.0. The fourth-order valence-electron chi connectivity index (χ4n) is 2.65. The number of amides is 2. The summed E-state index contributed by atoms with van der Waals surface area (Å²) in [7, 11) is 0. The van der Waals surface area contributed by atoms with Crippen molar-refractivity contribution >= 4 is 39.6 Å². The second kappa shape index (κ2) is 10.2. The largest absolute Gasteiger partial charge is 0.456 e. The van der Waals surface area contributed by atoms with E-state index in [2.05, 4.69) is 26.6 Å². The van der Waals surface area contributed by atoms with Crippen molar-refractivity contribution in [3.63, 3.8) is 0 Å². The highest BCUT2D eigenvalue weighted by Crippen LogP contribution is 2.22. The Morgan fingerprint density at radius 1 is 0.875 bits per heavy atom. The molecule has 172 valence electrons. The number of anilines is 1. The van der Waals surface area contributed by atoms with E-state index in [9.17, 15) is 14.4 Å². The molecule has 0 fully saturated rings. The van der Waals surface area contributed by atoms with Crippen molar-refractivity contribution in [3.05, 3.63) is 64.1 Å². The first-order valence-electron chi connectivity index (χ1n) is 10.1. The van der Waals surface area contributed by atoms with Gasteiger partial charge in [-0.15, -0.1) is 0 Å². The molecule has 0 aliphatic heterocycles. The quantitative estimate of drug-likeness (QED) is 0.516. The molecule has 0 aliphatic carbocycles. The summed E-state index contributed by atoms with van der Waals surface area (Å²) >= 11 is 3.38. The van der Waals surface area contributed by atoms with Gasteiger partial charge in [0.05, 0.1) is 5.56 Å². The number of hydrogen-bond acceptors (Lipinski definition) is 5. The average molecular weight is 505 g/mol. The number of nitrogens with one attached hydrogen (secondary N) is 2. The van der Waals surface area contributed by atoms with Crippen LogP contribution in [0.3, 0.4) is 0 Å². The number of hydrogen-bond donors (Lipinski definition) is 2. The van der Waals surface area contributed by atoms with Crippen molar-refractivity contribution in [3.8, 4) is 0 Å². The summed E-state index contributed by atoms with van der Waals surface area (Å²) < 4.78 is 11.4. The molecular weight excluding hydrogens is 476 g/mol. The van der Waals surface area contributed by atoms with Crippen LogP contribution in [-0.2, 0) is 14.3 Å². The Kier molecular flexibility index (Phi) is 8.07. The van der Waals surface area contributed by atoms with E-state index < -0.39 is 35.2 Å². The highest BCUT2D eigenvalue weighted by atomic mass is 79.9. The molecule has 0 saturated carbocycles. The monoisotopic (exact) mass is 504 g/mol. The van der Waals surface area contributed by atoms with Crippen molar-refractivity contribution in [2.75, 3.05) is 5.32 Å². The minimum atomic E-state index is -0.993. The molecule has 0 radical (unpaired) electrons. The van der Waals surface area contributed by atoms with E-state index in [1.165, 1.54) is 0 Å². The molecule has 2 aromatic carbocycles. The summed E-state index contributed by atoms with van der Waals surface area (Å²) in [6.07, 6.45) is -0.710. The van der Waals surface area contributed by atoms with Gasteiger partial charge in [0, 0.05) is 10.2 Å². The molecule has 2 rings (SSSR count). The molecule has 0 heterocycles. The van der Waals surface area contributed by atoms with Crippen LogP contribution in [0.1, 0.15) is 63.5 Å². The van der Waals surface area contributed by atoms with Crippen LogP contribution in [0.15, 0.2) is 53.0 Å². The molecule has 2 N–H and O–H groups in total. The van der Waals surface area contributed by atoms with Gasteiger partial charge in [-0.2, -0.15) is 0 Å². The molecule has 1 atom stereocenters. The van der Waals surface area contributed by atoms with E-state index in [1.54, 1.807) is 84.0 Å². The second-order valence-corrected chi connectivity index (χ2v) is 10.1. The maximum atomic E-state index is 13.0. The van der Waals surface area contributed by atoms with Crippen molar-refractivity contribution in [2.45, 2.75) is 58.8 Å². The van der Waals surface area contributed by atoms with Crippen LogP contribution in [0.2, 0.25) is 0 Å². The van der Waals surface area contributed by atoms with E-state index in [0.717, 1.165) is 4.47 Å². The van der Waals surface area contributed by atoms with Crippen LogP contribution < -0.4 is 10.6 Å². The smallest absolute Gasteiger partial charge is 0.408 e. The normalized spacial score (nSPS) is 12.5. The molecular formula is C24H29BrN2O5. The zero-order valence-electron chi connectivity index (χ0n) is 19.1. The zero-order chi connectivity index (χ0) is 24.1. The molecule has 0 spiro atoms. The van der Waals surface area contributed by atoms with Gasteiger partial charge in [-0.25, -0.2) is 9.59 Å². The van der Waals surface area contributed by atoms with Crippen LogP contribution in [-0.4, -0.2) is 29.2 Å². The number of halogens is 1. The summed E-state index contributed by atoms with van der Waals surface area (Å²) in [6.45, 7) is 10.6.